The van der Waals surface area contributed by atoms with Crippen molar-refractivity contribution in [1.82, 2.24) is 15.1 Å². The van der Waals surface area contributed by atoms with Gasteiger partial charge in [0, 0.05) is 44.8 Å². The molecule has 0 unspecified atom stereocenters. The molecule has 22 heavy (non-hydrogen) atoms. The van der Waals surface area contributed by atoms with Crippen molar-refractivity contribution in [1.29, 1.82) is 0 Å². The number of nitrogens with one attached hydrogen (secondary N) is 1. The second kappa shape index (κ2) is 7.17. The zero-order valence-corrected chi connectivity index (χ0v) is 12.6. The second-order valence-electron chi connectivity index (χ2n) is 5.65. The van der Waals surface area contributed by atoms with Gasteiger partial charge in [0.1, 0.15) is 11.9 Å². The standard InChI is InChI=1S/C16H22FN3O2/c17-14-4-2-1-3-13(14)15(19-9-11-22-12-10-19)16(21)20-7-5-18-6-8-20/h1-4,15,18H,5-12H2/t15-/m0/s1. The third-order valence-electron chi connectivity index (χ3n) is 4.27. The van der Waals surface area contributed by atoms with Crippen LogP contribution in [0.15, 0.2) is 24.3 Å². The SMILES string of the molecule is O=C([C@H](c1ccccc1F)N1CCOCC1)N1CCNCC1. The highest BCUT2D eigenvalue weighted by Crippen LogP contribution is 2.26. The molecule has 5 nitrogen and oxygen atoms in total. The van der Waals surface area contributed by atoms with Crippen LogP contribution in [0.1, 0.15) is 11.6 Å². The summed E-state index contributed by atoms with van der Waals surface area (Å²) in [5.74, 6) is -0.323. The van der Waals surface area contributed by atoms with Crippen LogP contribution in [0.4, 0.5) is 4.39 Å². The summed E-state index contributed by atoms with van der Waals surface area (Å²) in [6.07, 6.45) is 0. The lowest BCUT2D eigenvalue weighted by atomic mass is 10.0. The summed E-state index contributed by atoms with van der Waals surface area (Å²) < 4.78 is 19.7. The molecule has 2 fully saturated rings. The van der Waals surface area contributed by atoms with Crippen molar-refractivity contribution in [2.24, 2.45) is 0 Å². The number of amides is 1. The summed E-state index contributed by atoms with van der Waals surface area (Å²) in [5, 5.41) is 3.24. The fraction of sp³-hybridized carbons (Fsp3) is 0.562. The highest BCUT2D eigenvalue weighted by Gasteiger charge is 2.34. The molecule has 0 radical (unpaired) electrons. The van der Waals surface area contributed by atoms with Gasteiger partial charge in [0.25, 0.3) is 0 Å². The Kier molecular flexibility index (Phi) is 5.02. The lowest BCUT2D eigenvalue weighted by Gasteiger charge is -2.38. The molecule has 0 aromatic heterocycles. The summed E-state index contributed by atoms with van der Waals surface area (Å²) >= 11 is 0. The van der Waals surface area contributed by atoms with Gasteiger partial charge in [-0.05, 0) is 6.07 Å². The highest BCUT2D eigenvalue weighted by molar-refractivity contribution is 5.83. The van der Waals surface area contributed by atoms with Crippen molar-refractivity contribution >= 4 is 5.91 Å². The van der Waals surface area contributed by atoms with Crippen LogP contribution >= 0.6 is 0 Å². The van der Waals surface area contributed by atoms with E-state index in [-0.39, 0.29) is 11.7 Å². The van der Waals surface area contributed by atoms with Crippen LogP contribution < -0.4 is 5.32 Å². The minimum absolute atomic E-state index is 0.00602. The number of hydrogen-bond acceptors (Lipinski definition) is 4. The Bertz CT molecular complexity index is 514. The first-order chi connectivity index (χ1) is 10.8. The van der Waals surface area contributed by atoms with Crippen LogP contribution in [0, 0.1) is 5.82 Å². The molecular formula is C16H22FN3O2. The largest absolute Gasteiger partial charge is 0.379 e. The Morgan fingerprint density at radius 1 is 1.14 bits per heavy atom. The molecule has 2 heterocycles. The Hall–Kier alpha value is -1.50. The van der Waals surface area contributed by atoms with E-state index < -0.39 is 6.04 Å². The summed E-state index contributed by atoms with van der Waals surface area (Å²) in [5.41, 5.74) is 0.466. The topological polar surface area (TPSA) is 44.8 Å². The number of carbonyl (C=O) groups is 1. The number of benzene rings is 1. The molecule has 0 aliphatic carbocycles. The average Bonchev–Trinajstić information content (AvgIpc) is 2.58. The van der Waals surface area contributed by atoms with Gasteiger partial charge in [-0.25, -0.2) is 4.39 Å². The Morgan fingerprint density at radius 3 is 2.50 bits per heavy atom. The number of rotatable bonds is 3. The number of carbonyl (C=O) groups excluding carboxylic acids is 1. The molecule has 1 atom stereocenters. The summed E-state index contributed by atoms with van der Waals surface area (Å²) in [4.78, 5) is 16.9. The van der Waals surface area contributed by atoms with Gasteiger partial charge in [0.15, 0.2) is 0 Å². The maximum absolute atomic E-state index is 14.3. The third-order valence-corrected chi connectivity index (χ3v) is 4.27. The molecule has 1 amide bonds. The smallest absolute Gasteiger partial charge is 0.244 e. The molecule has 0 spiro atoms. The van der Waals surface area contributed by atoms with Gasteiger partial charge in [-0.15, -0.1) is 0 Å². The van der Waals surface area contributed by atoms with Crippen LogP contribution in [0.25, 0.3) is 0 Å². The van der Waals surface area contributed by atoms with E-state index in [0.717, 1.165) is 13.1 Å². The Balaban J connectivity index is 1.88. The zero-order valence-electron chi connectivity index (χ0n) is 12.6. The quantitative estimate of drug-likeness (QED) is 0.890. The molecule has 2 aliphatic rings. The highest BCUT2D eigenvalue weighted by atomic mass is 19.1. The first-order valence-electron chi connectivity index (χ1n) is 7.83. The van der Waals surface area contributed by atoms with Gasteiger partial charge in [-0.1, -0.05) is 18.2 Å². The molecular weight excluding hydrogens is 285 g/mol. The van der Waals surface area contributed by atoms with Gasteiger partial charge < -0.3 is 15.0 Å². The van der Waals surface area contributed by atoms with Crippen LogP contribution in [-0.4, -0.2) is 68.2 Å². The second-order valence-corrected chi connectivity index (χ2v) is 5.65. The molecule has 120 valence electrons. The van der Waals surface area contributed by atoms with E-state index in [1.807, 2.05) is 9.80 Å². The lowest BCUT2D eigenvalue weighted by Crippen LogP contribution is -2.52. The van der Waals surface area contributed by atoms with Crippen molar-refractivity contribution < 1.29 is 13.9 Å². The predicted molar refractivity (Wildman–Crippen MR) is 81.0 cm³/mol. The number of morpholine rings is 1. The summed E-state index contributed by atoms with van der Waals surface area (Å²) in [6, 6.07) is 6.04. The number of piperazine rings is 1. The molecule has 2 aliphatic heterocycles. The maximum atomic E-state index is 14.3. The monoisotopic (exact) mass is 307 g/mol. The van der Waals surface area contributed by atoms with Gasteiger partial charge in [0.2, 0.25) is 5.91 Å². The van der Waals surface area contributed by atoms with Crippen molar-refractivity contribution in [2.75, 3.05) is 52.5 Å². The molecule has 1 N–H and O–H groups in total. The van der Waals surface area contributed by atoms with E-state index in [0.29, 0.717) is 45.0 Å². The average molecular weight is 307 g/mol. The van der Waals surface area contributed by atoms with Crippen molar-refractivity contribution in [3.05, 3.63) is 35.6 Å². The van der Waals surface area contributed by atoms with Crippen LogP contribution in [-0.2, 0) is 9.53 Å². The van der Waals surface area contributed by atoms with Crippen LogP contribution in [0.2, 0.25) is 0 Å². The number of nitrogens with zero attached hydrogens (tertiary/aromatic N) is 2. The van der Waals surface area contributed by atoms with Crippen molar-refractivity contribution in [3.8, 4) is 0 Å². The van der Waals surface area contributed by atoms with Gasteiger partial charge in [-0.3, -0.25) is 9.69 Å². The minimum Gasteiger partial charge on any atom is -0.379 e. The third kappa shape index (κ3) is 3.29. The summed E-state index contributed by atoms with van der Waals surface area (Å²) in [7, 11) is 0. The number of ether oxygens (including phenoxy) is 1. The van der Waals surface area contributed by atoms with E-state index in [2.05, 4.69) is 5.32 Å². The molecule has 6 heteroatoms. The zero-order chi connectivity index (χ0) is 15.4. The van der Waals surface area contributed by atoms with Crippen LogP contribution in [0.3, 0.4) is 0 Å². The van der Waals surface area contributed by atoms with E-state index in [1.54, 1.807) is 18.2 Å². The predicted octanol–water partition coefficient (Wildman–Crippen LogP) is 0.631. The lowest BCUT2D eigenvalue weighted by molar-refractivity contribution is -0.139. The number of halogens is 1. The van der Waals surface area contributed by atoms with E-state index in [9.17, 15) is 9.18 Å². The van der Waals surface area contributed by atoms with E-state index in [4.69, 9.17) is 4.74 Å². The van der Waals surface area contributed by atoms with Gasteiger partial charge >= 0.3 is 0 Å². The minimum atomic E-state index is -0.553. The number of hydrogen-bond donors (Lipinski definition) is 1. The van der Waals surface area contributed by atoms with Crippen molar-refractivity contribution in [2.45, 2.75) is 6.04 Å². The fourth-order valence-corrected chi connectivity index (χ4v) is 3.08. The van der Waals surface area contributed by atoms with Gasteiger partial charge in [-0.2, -0.15) is 0 Å². The molecule has 2 saturated heterocycles. The molecule has 0 saturated carbocycles. The van der Waals surface area contributed by atoms with Crippen molar-refractivity contribution in [3.63, 3.8) is 0 Å². The summed E-state index contributed by atoms with van der Waals surface area (Å²) in [6.45, 7) is 5.40. The Morgan fingerprint density at radius 2 is 1.82 bits per heavy atom. The first kappa shape index (κ1) is 15.4. The molecule has 1 aromatic rings. The fourth-order valence-electron chi connectivity index (χ4n) is 3.08. The molecule has 0 bridgehead atoms. The van der Waals surface area contributed by atoms with E-state index in [1.165, 1.54) is 6.07 Å². The molecule has 1 aromatic carbocycles. The van der Waals surface area contributed by atoms with Crippen LogP contribution in [0.5, 0.6) is 0 Å². The first-order valence-corrected chi connectivity index (χ1v) is 7.83. The maximum Gasteiger partial charge on any atom is 0.244 e. The Labute approximate surface area is 130 Å². The van der Waals surface area contributed by atoms with E-state index >= 15 is 0 Å². The molecule has 3 rings (SSSR count). The van der Waals surface area contributed by atoms with Gasteiger partial charge in [0.05, 0.1) is 13.2 Å². The normalized spacial score (nSPS) is 21.6.